The highest BCUT2D eigenvalue weighted by Gasteiger charge is 2.14. The molecule has 0 aliphatic rings. The Labute approximate surface area is 116 Å². The molecule has 0 spiro atoms. The third-order valence-electron chi connectivity index (χ3n) is 2.71. The zero-order valence-corrected chi connectivity index (χ0v) is 11.3. The summed E-state index contributed by atoms with van der Waals surface area (Å²) in [5.74, 6) is -0.989. The summed E-state index contributed by atoms with van der Waals surface area (Å²) in [7, 11) is -3.55. The quantitative estimate of drug-likeness (QED) is 0.841. The first-order valence-electron chi connectivity index (χ1n) is 5.83. The summed E-state index contributed by atoms with van der Waals surface area (Å²) in [6, 6.07) is 7.67. The first kappa shape index (κ1) is 14.3. The van der Waals surface area contributed by atoms with Crippen molar-refractivity contribution in [2.24, 2.45) is 0 Å². The predicted molar refractivity (Wildman–Crippen MR) is 71.0 cm³/mol. The van der Waals surface area contributed by atoms with Crippen molar-refractivity contribution in [3.8, 4) is 0 Å². The van der Waals surface area contributed by atoms with Gasteiger partial charge in [-0.15, -0.1) is 0 Å². The second-order valence-electron chi connectivity index (χ2n) is 4.11. The largest absolute Gasteiger partial charge is 0.478 e. The molecule has 0 unspecified atom stereocenters. The number of rotatable bonds is 6. The van der Waals surface area contributed by atoms with Gasteiger partial charge in [0.1, 0.15) is 11.2 Å². The summed E-state index contributed by atoms with van der Waals surface area (Å²) in [5, 5.41) is 8.76. The van der Waals surface area contributed by atoms with E-state index in [1.54, 1.807) is 12.1 Å². The molecule has 2 N–H and O–H groups in total. The van der Waals surface area contributed by atoms with Gasteiger partial charge in [-0.1, -0.05) is 12.1 Å². The first-order chi connectivity index (χ1) is 9.49. The lowest BCUT2D eigenvalue weighted by atomic mass is 10.1. The third-order valence-corrected chi connectivity index (χ3v) is 4.15. The van der Waals surface area contributed by atoms with Gasteiger partial charge in [0, 0.05) is 6.54 Å². The highest BCUT2D eigenvalue weighted by Crippen LogP contribution is 2.09. The molecule has 0 atom stereocenters. The number of carbonyl (C=O) groups is 1. The molecule has 1 heterocycles. The molecule has 0 saturated carbocycles. The average Bonchev–Trinajstić information content (AvgIpc) is 2.94. The van der Waals surface area contributed by atoms with Gasteiger partial charge in [-0.3, -0.25) is 0 Å². The molecule has 1 aromatic carbocycles. The highest BCUT2D eigenvalue weighted by atomic mass is 32.2. The second-order valence-corrected chi connectivity index (χ2v) is 5.88. The van der Waals surface area contributed by atoms with Crippen molar-refractivity contribution in [2.45, 2.75) is 11.3 Å². The minimum atomic E-state index is -3.55. The Morgan fingerprint density at radius 2 is 1.90 bits per heavy atom. The SMILES string of the molecule is O=C(O)c1ccc(CCNS(=O)(=O)c2ccoc2)cc1. The van der Waals surface area contributed by atoms with Crippen molar-refractivity contribution in [1.29, 1.82) is 0 Å². The topological polar surface area (TPSA) is 96.6 Å². The molecule has 0 fully saturated rings. The molecule has 2 rings (SSSR count). The maximum absolute atomic E-state index is 11.8. The van der Waals surface area contributed by atoms with E-state index in [-0.39, 0.29) is 17.0 Å². The predicted octanol–water partition coefficient (Wildman–Crippen LogP) is 1.50. The third kappa shape index (κ3) is 3.46. The Morgan fingerprint density at radius 1 is 1.20 bits per heavy atom. The van der Waals surface area contributed by atoms with Gasteiger partial charge in [0.25, 0.3) is 0 Å². The van der Waals surface area contributed by atoms with E-state index in [4.69, 9.17) is 9.52 Å². The molecular weight excluding hydrogens is 282 g/mol. The molecule has 106 valence electrons. The Kier molecular flexibility index (Phi) is 4.21. The van der Waals surface area contributed by atoms with Crippen LogP contribution in [0.3, 0.4) is 0 Å². The number of benzene rings is 1. The minimum absolute atomic E-state index is 0.0822. The second kappa shape index (κ2) is 5.89. The van der Waals surface area contributed by atoms with E-state index in [1.807, 2.05) is 0 Å². The minimum Gasteiger partial charge on any atom is -0.478 e. The van der Waals surface area contributed by atoms with Crippen LogP contribution < -0.4 is 4.72 Å². The number of hydrogen-bond donors (Lipinski definition) is 2. The monoisotopic (exact) mass is 295 g/mol. The fraction of sp³-hybridized carbons (Fsp3) is 0.154. The molecule has 1 aromatic heterocycles. The van der Waals surface area contributed by atoms with Crippen LogP contribution in [-0.4, -0.2) is 26.0 Å². The van der Waals surface area contributed by atoms with E-state index in [9.17, 15) is 13.2 Å². The van der Waals surface area contributed by atoms with Crippen LogP contribution in [0.1, 0.15) is 15.9 Å². The molecule has 0 aliphatic carbocycles. The van der Waals surface area contributed by atoms with Crippen molar-refractivity contribution >= 4 is 16.0 Å². The Bertz CT molecular complexity index is 674. The zero-order valence-electron chi connectivity index (χ0n) is 10.4. The number of carboxylic acids is 1. The molecule has 7 heteroatoms. The van der Waals surface area contributed by atoms with E-state index < -0.39 is 16.0 Å². The van der Waals surface area contributed by atoms with Crippen LogP contribution in [0.15, 0.2) is 52.2 Å². The summed E-state index contributed by atoms with van der Waals surface area (Å²) in [4.78, 5) is 10.8. The van der Waals surface area contributed by atoms with E-state index in [0.29, 0.717) is 6.42 Å². The van der Waals surface area contributed by atoms with Crippen LogP contribution in [0.2, 0.25) is 0 Å². The fourth-order valence-electron chi connectivity index (χ4n) is 1.63. The van der Waals surface area contributed by atoms with Gasteiger partial charge in [-0.2, -0.15) is 0 Å². The van der Waals surface area contributed by atoms with Gasteiger partial charge in [0.15, 0.2) is 0 Å². The number of hydrogen-bond acceptors (Lipinski definition) is 4. The maximum atomic E-state index is 11.8. The average molecular weight is 295 g/mol. The summed E-state index contributed by atoms with van der Waals surface area (Å²) >= 11 is 0. The number of furan rings is 1. The van der Waals surface area contributed by atoms with Crippen molar-refractivity contribution in [3.05, 3.63) is 54.0 Å². The zero-order chi connectivity index (χ0) is 14.6. The molecule has 0 aliphatic heterocycles. The molecule has 20 heavy (non-hydrogen) atoms. The lowest BCUT2D eigenvalue weighted by molar-refractivity contribution is 0.0697. The van der Waals surface area contributed by atoms with Gasteiger partial charge in [-0.25, -0.2) is 17.9 Å². The number of nitrogens with one attached hydrogen (secondary N) is 1. The molecule has 0 radical (unpaired) electrons. The van der Waals surface area contributed by atoms with Crippen molar-refractivity contribution in [3.63, 3.8) is 0 Å². The van der Waals surface area contributed by atoms with Gasteiger partial charge >= 0.3 is 5.97 Å². The number of aromatic carboxylic acids is 1. The van der Waals surface area contributed by atoms with E-state index >= 15 is 0 Å². The first-order valence-corrected chi connectivity index (χ1v) is 7.31. The van der Waals surface area contributed by atoms with Gasteiger partial charge in [0.2, 0.25) is 10.0 Å². The van der Waals surface area contributed by atoms with Gasteiger partial charge in [0.05, 0.1) is 11.8 Å². The number of carboxylic acid groups (broad SMARTS) is 1. The smallest absolute Gasteiger partial charge is 0.335 e. The van der Waals surface area contributed by atoms with E-state index in [1.165, 1.54) is 24.5 Å². The maximum Gasteiger partial charge on any atom is 0.335 e. The van der Waals surface area contributed by atoms with Crippen LogP contribution in [-0.2, 0) is 16.4 Å². The van der Waals surface area contributed by atoms with Crippen molar-refractivity contribution in [2.75, 3.05) is 6.54 Å². The number of sulfonamides is 1. The standard InChI is InChI=1S/C13H13NO5S/c15-13(16)11-3-1-10(2-4-11)5-7-14-20(17,18)12-6-8-19-9-12/h1-4,6,8-9,14H,5,7H2,(H,15,16). The molecular formula is C13H13NO5S. The van der Waals surface area contributed by atoms with Crippen LogP contribution >= 0.6 is 0 Å². The molecule has 0 saturated heterocycles. The van der Waals surface area contributed by atoms with E-state index in [0.717, 1.165) is 11.8 Å². The summed E-state index contributed by atoms with van der Waals surface area (Å²) in [6.07, 6.45) is 2.92. The highest BCUT2D eigenvalue weighted by molar-refractivity contribution is 7.89. The Hall–Kier alpha value is -2.12. The van der Waals surface area contributed by atoms with Gasteiger partial charge < -0.3 is 9.52 Å². The van der Waals surface area contributed by atoms with Crippen LogP contribution in [0.25, 0.3) is 0 Å². The summed E-state index contributed by atoms with van der Waals surface area (Å²) < 4.78 is 30.7. The van der Waals surface area contributed by atoms with E-state index in [2.05, 4.69) is 4.72 Å². The van der Waals surface area contributed by atoms with Gasteiger partial charge in [-0.05, 0) is 30.2 Å². The summed E-state index contributed by atoms with van der Waals surface area (Å²) in [5.41, 5.74) is 1.05. The van der Waals surface area contributed by atoms with Crippen molar-refractivity contribution < 1.29 is 22.7 Å². The van der Waals surface area contributed by atoms with Crippen LogP contribution in [0.4, 0.5) is 0 Å². The fourth-order valence-corrected chi connectivity index (χ4v) is 2.59. The Balaban J connectivity index is 1.92. The molecule has 2 aromatic rings. The lowest BCUT2D eigenvalue weighted by Gasteiger charge is -2.05. The lowest BCUT2D eigenvalue weighted by Crippen LogP contribution is -2.25. The summed E-state index contributed by atoms with van der Waals surface area (Å²) in [6.45, 7) is 0.222. The molecule has 0 amide bonds. The normalized spacial score (nSPS) is 11.4. The molecule has 6 nitrogen and oxygen atoms in total. The molecule has 0 bridgehead atoms. The Morgan fingerprint density at radius 3 is 2.45 bits per heavy atom. The van der Waals surface area contributed by atoms with Crippen molar-refractivity contribution in [1.82, 2.24) is 4.72 Å². The van der Waals surface area contributed by atoms with Crippen LogP contribution in [0, 0.1) is 0 Å². The van der Waals surface area contributed by atoms with Crippen LogP contribution in [0.5, 0.6) is 0 Å².